The standard InChI is InChI=1S/C7H3F3N2O4/c8-7(9,10)3-2(5(13)14)1-11-4(12-3)6(15)16/h1H,(H,13,14)(H,15,16). The minimum absolute atomic E-state index is 0.307. The molecule has 0 amide bonds. The van der Waals surface area contributed by atoms with E-state index in [1.165, 1.54) is 0 Å². The van der Waals surface area contributed by atoms with Crippen LogP contribution in [0, 0.1) is 0 Å². The van der Waals surface area contributed by atoms with Gasteiger partial charge in [0.2, 0.25) is 5.82 Å². The second-order valence-corrected chi connectivity index (χ2v) is 2.56. The predicted octanol–water partition coefficient (Wildman–Crippen LogP) is 0.892. The molecule has 0 aliphatic rings. The average Bonchev–Trinajstić information content (AvgIpc) is 2.15. The van der Waals surface area contributed by atoms with E-state index in [9.17, 15) is 22.8 Å². The number of carboxylic acids is 2. The van der Waals surface area contributed by atoms with E-state index in [4.69, 9.17) is 10.2 Å². The Labute approximate surface area is 85.4 Å². The Morgan fingerprint density at radius 1 is 1.19 bits per heavy atom. The van der Waals surface area contributed by atoms with Gasteiger partial charge in [-0.1, -0.05) is 0 Å². The summed E-state index contributed by atoms with van der Waals surface area (Å²) < 4.78 is 36.9. The Hall–Kier alpha value is -2.19. The first-order valence-corrected chi connectivity index (χ1v) is 3.64. The molecular formula is C7H3F3N2O4. The van der Waals surface area contributed by atoms with Gasteiger partial charge in [0.05, 0.1) is 0 Å². The van der Waals surface area contributed by atoms with E-state index < -0.39 is 35.2 Å². The number of nitrogens with zero attached hydrogens (tertiary/aromatic N) is 2. The van der Waals surface area contributed by atoms with Crippen molar-refractivity contribution >= 4 is 11.9 Å². The maximum Gasteiger partial charge on any atom is 0.434 e. The Morgan fingerprint density at radius 2 is 1.75 bits per heavy atom. The van der Waals surface area contributed by atoms with Gasteiger partial charge in [-0.05, 0) is 0 Å². The van der Waals surface area contributed by atoms with Crippen LogP contribution in [0.15, 0.2) is 6.20 Å². The van der Waals surface area contributed by atoms with Crippen LogP contribution in [0.4, 0.5) is 13.2 Å². The Bertz CT molecular complexity index is 457. The highest BCUT2D eigenvalue weighted by molar-refractivity contribution is 5.90. The Kier molecular flexibility index (Phi) is 2.79. The quantitative estimate of drug-likeness (QED) is 0.790. The largest absolute Gasteiger partial charge is 0.478 e. The van der Waals surface area contributed by atoms with Gasteiger partial charge in [0.15, 0.2) is 5.69 Å². The predicted molar refractivity (Wildman–Crippen MR) is 41.0 cm³/mol. The lowest BCUT2D eigenvalue weighted by atomic mass is 10.2. The molecule has 9 heteroatoms. The molecule has 86 valence electrons. The third-order valence-corrected chi connectivity index (χ3v) is 1.48. The molecular weight excluding hydrogens is 233 g/mol. The lowest BCUT2D eigenvalue weighted by molar-refractivity contribution is -0.141. The molecule has 2 N–H and O–H groups in total. The highest BCUT2D eigenvalue weighted by Gasteiger charge is 2.38. The monoisotopic (exact) mass is 236 g/mol. The molecule has 6 nitrogen and oxygen atoms in total. The minimum Gasteiger partial charge on any atom is -0.478 e. The maximum atomic E-state index is 12.3. The van der Waals surface area contributed by atoms with Crippen LogP contribution in [0.2, 0.25) is 0 Å². The molecule has 0 saturated heterocycles. The van der Waals surface area contributed by atoms with Crippen LogP contribution in [-0.2, 0) is 6.18 Å². The normalized spacial score (nSPS) is 11.2. The van der Waals surface area contributed by atoms with Crippen molar-refractivity contribution in [2.24, 2.45) is 0 Å². The van der Waals surface area contributed by atoms with E-state index in [0.29, 0.717) is 6.20 Å². The van der Waals surface area contributed by atoms with Crippen LogP contribution < -0.4 is 0 Å². The number of rotatable bonds is 2. The smallest absolute Gasteiger partial charge is 0.434 e. The first kappa shape index (κ1) is 11.9. The molecule has 0 saturated carbocycles. The molecule has 0 spiro atoms. The highest BCUT2D eigenvalue weighted by Crippen LogP contribution is 2.30. The van der Waals surface area contributed by atoms with Gasteiger partial charge in [0.25, 0.3) is 0 Å². The fourth-order valence-electron chi connectivity index (χ4n) is 0.857. The lowest BCUT2D eigenvalue weighted by Gasteiger charge is -2.08. The van der Waals surface area contributed by atoms with Crippen LogP contribution in [0.1, 0.15) is 26.7 Å². The lowest BCUT2D eigenvalue weighted by Crippen LogP contribution is -2.19. The fraction of sp³-hybridized carbons (Fsp3) is 0.143. The zero-order valence-electron chi connectivity index (χ0n) is 7.32. The van der Waals surface area contributed by atoms with Crippen molar-refractivity contribution in [2.75, 3.05) is 0 Å². The molecule has 0 radical (unpaired) electrons. The second-order valence-electron chi connectivity index (χ2n) is 2.56. The first-order valence-electron chi connectivity index (χ1n) is 3.64. The number of halogens is 3. The summed E-state index contributed by atoms with van der Waals surface area (Å²) in [6.07, 6.45) is -4.75. The van der Waals surface area contributed by atoms with Crippen molar-refractivity contribution in [3.8, 4) is 0 Å². The number of aromatic carboxylic acids is 2. The Morgan fingerprint density at radius 3 is 2.12 bits per heavy atom. The van der Waals surface area contributed by atoms with Crippen LogP contribution in [0.3, 0.4) is 0 Å². The molecule has 0 unspecified atom stereocenters. The summed E-state index contributed by atoms with van der Waals surface area (Å²) >= 11 is 0. The molecule has 0 fully saturated rings. The van der Waals surface area contributed by atoms with Gasteiger partial charge >= 0.3 is 18.1 Å². The summed E-state index contributed by atoms with van der Waals surface area (Å²) in [6, 6.07) is 0. The number of alkyl halides is 3. The summed E-state index contributed by atoms with van der Waals surface area (Å²) in [5.74, 6) is -4.77. The number of aromatic nitrogens is 2. The summed E-state index contributed by atoms with van der Waals surface area (Å²) in [7, 11) is 0. The third kappa shape index (κ3) is 2.24. The van der Waals surface area contributed by atoms with E-state index in [1.54, 1.807) is 0 Å². The highest BCUT2D eigenvalue weighted by atomic mass is 19.4. The second kappa shape index (κ2) is 3.76. The molecule has 0 atom stereocenters. The molecule has 1 aromatic rings. The summed E-state index contributed by atoms with van der Waals surface area (Å²) in [5.41, 5.74) is -2.98. The average molecular weight is 236 g/mol. The van der Waals surface area contributed by atoms with Crippen molar-refractivity contribution in [3.05, 3.63) is 23.3 Å². The summed E-state index contributed by atoms with van der Waals surface area (Å²) in [4.78, 5) is 26.4. The SMILES string of the molecule is O=C(O)c1ncc(C(=O)O)c(C(F)(F)F)n1. The molecule has 0 aromatic carbocycles. The van der Waals surface area contributed by atoms with Gasteiger partial charge in [-0.15, -0.1) is 0 Å². The number of carboxylic acid groups (broad SMARTS) is 2. The van der Waals surface area contributed by atoms with Crippen molar-refractivity contribution in [1.29, 1.82) is 0 Å². The molecule has 1 rings (SSSR count). The van der Waals surface area contributed by atoms with E-state index in [2.05, 4.69) is 9.97 Å². The summed E-state index contributed by atoms with van der Waals surface area (Å²) in [5, 5.41) is 16.8. The van der Waals surface area contributed by atoms with Gasteiger partial charge in [0.1, 0.15) is 5.56 Å². The van der Waals surface area contributed by atoms with Crippen LogP contribution in [0.5, 0.6) is 0 Å². The topological polar surface area (TPSA) is 100 Å². The maximum absolute atomic E-state index is 12.3. The number of hydrogen-bond donors (Lipinski definition) is 2. The van der Waals surface area contributed by atoms with E-state index >= 15 is 0 Å². The zero-order valence-corrected chi connectivity index (χ0v) is 7.32. The minimum atomic E-state index is -5.05. The van der Waals surface area contributed by atoms with E-state index in [1.807, 2.05) is 0 Å². The van der Waals surface area contributed by atoms with E-state index in [0.717, 1.165) is 0 Å². The zero-order chi connectivity index (χ0) is 12.5. The van der Waals surface area contributed by atoms with Crippen molar-refractivity contribution in [3.63, 3.8) is 0 Å². The van der Waals surface area contributed by atoms with Crippen LogP contribution in [0.25, 0.3) is 0 Å². The van der Waals surface area contributed by atoms with Gasteiger partial charge in [-0.3, -0.25) is 0 Å². The van der Waals surface area contributed by atoms with Gasteiger partial charge in [0, 0.05) is 6.20 Å². The van der Waals surface area contributed by atoms with E-state index in [-0.39, 0.29) is 0 Å². The van der Waals surface area contributed by atoms with Crippen molar-refractivity contribution < 1.29 is 33.0 Å². The third-order valence-electron chi connectivity index (χ3n) is 1.48. The molecule has 16 heavy (non-hydrogen) atoms. The molecule has 1 heterocycles. The van der Waals surface area contributed by atoms with Gasteiger partial charge in [-0.2, -0.15) is 13.2 Å². The van der Waals surface area contributed by atoms with Gasteiger partial charge in [-0.25, -0.2) is 19.6 Å². The van der Waals surface area contributed by atoms with Crippen molar-refractivity contribution in [1.82, 2.24) is 9.97 Å². The molecule has 0 bridgehead atoms. The molecule has 1 aromatic heterocycles. The Balaban J connectivity index is 3.45. The number of carbonyl (C=O) groups is 2. The molecule has 0 aliphatic carbocycles. The van der Waals surface area contributed by atoms with Crippen LogP contribution in [-0.4, -0.2) is 32.1 Å². The summed E-state index contributed by atoms with van der Waals surface area (Å²) in [6.45, 7) is 0. The van der Waals surface area contributed by atoms with Gasteiger partial charge < -0.3 is 10.2 Å². The van der Waals surface area contributed by atoms with Crippen LogP contribution >= 0.6 is 0 Å². The first-order chi connectivity index (χ1) is 7.23. The van der Waals surface area contributed by atoms with Crippen molar-refractivity contribution in [2.45, 2.75) is 6.18 Å². The molecule has 0 aliphatic heterocycles. The fourth-order valence-corrected chi connectivity index (χ4v) is 0.857. The number of hydrogen-bond acceptors (Lipinski definition) is 4.